The van der Waals surface area contributed by atoms with Crippen LogP contribution in [0.1, 0.15) is 29.2 Å². The van der Waals surface area contributed by atoms with Crippen molar-refractivity contribution in [3.8, 4) is 5.75 Å². The fourth-order valence-corrected chi connectivity index (χ4v) is 4.33. The number of hydrazine groups is 1. The summed E-state index contributed by atoms with van der Waals surface area (Å²) in [5.74, 6) is -1.27. The largest absolute Gasteiger partial charge is 0.492 e. The number of pyridine rings is 1. The minimum Gasteiger partial charge on any atom is -0.492 e. The Bertz CT molecular complexity index is 1170. The number of benzene rings is 1. The predicted molar refractivity (Wildman–Crippen MR) is 125 cm³/mol. The molecule has 2 heterocycles. The first-order valence-electron chi connectivity index (χ1n) is 10.8. The molecule has 2 aliphatic rings. The summed E-state index contributed by atoms with van der Waals surface area (Å²) >= 11 is 0. The Labute approximate surface area is 196 Å². The van der Waals surface area contributed by atoms with Gasteiger partial charge < -0.3 is 28.5 Å². The maximum atomic E-state index is 15.6. The molecule has 10 nitrogen and oxygen atoms in total. The van der Waals surface area contributed by atoms with E-state index in [4.69, 9.17) is 9.47 Å². The number of hydrogen-bond donors (Lipinski definition) is 0. The van der Waals surface area contributed by atoms with Crippen LogP contribution in [-0.2, 0) is 14.3 Å². The highest BCUT2D eigenvalue weighted by molar-refractivity contribution is 6.67. The predicted octanol–water partition coefficient (Wildman–Crippen LogP) is 0.229. The summed E-state index contributed by atoms with van der Waals surface area (Å²) in [6.45, 7) is 1.25. The molecular formula is C21H23B2FN4O6. The average molecular weight is 468 g/mol. The highest BCUT2D eigenvalue weighted by Gasteiger charge is 2.32. The number of carbonyl (C=O) groups is 3. The van der Waals surface area contributed by atoms with Gasteiger partial charge in [-0.2, -0.15) is 0 Å². The normalized spacial score (nSPS) is 17.2. The molecule has 1 saturated heterocycles. The summed E-state index contributed by atoms with van der Waals surface area (Å²) in [5, 5.41) is 0.0366. The van der Waals surface area contributed by atoms with Crippen molar-refractivity contribution >= 4 is 49.8 Å². The fourth-order valence-electron chi connectivity index (χ4n) is 4.33. The lowest BCUT2D eigenvalue weighted by molar-refractivity contribution is 0.0598. The van der Waals surface area contributed by atoms with E-state index >= 15 is 4.39 Å². The highest BCUT2D eigenvalue weighted by atomic mass is 19.1. The number of carbonyl (C=O) groups excluding carboxylic acids is 3. The Balaban J connectivity index is 1.86. The number of halogens is 1. The third kappa shape index (κ3) is 4.32. The standard InChI is InChI=1S/C21H23B2FN4O6/c1-33-20-17-14(19(31)15(21(32)34-2)10-26(17)13-3-4-13)9-16(24)18(20)25-5-7-27(22-11-29)28(8-6-25)23-12-30/h9-13H,3-8H2,1-2H3. The zero-order valence-electron chi connectivity index (χ0n) is 18.9. The summed E-state index contributed by atoms with van der Waals surface area (Å²) in [7, 11) is 5.20. The molecule has 0 spiro atoms. The molecule has 176 valence electrons. The Morgan fingerprint density at radius 1 is 1.09 bits per heavy atom. The molecule has 1 aromatic carbocycles. The second kappa shape index (κ2) is 9.98. The van der Waals surface area contributed by atoms with Crippen molar-refractivity contribution in [3.05, 3.63) is 33.9 Å². The second-order valence-corrected chi connectivity index (χ2v) is 8.02. The van der Waals surface area contributed by atoms with Gasteiger partial charge in [-0.05, 0) is 18.9 Å². The molecule has 2 radical (unpaired) electrons. The number of rotatable bonds is 8. The van der Waals surface area contributed by atoms with Gasteiger partial charge in [0.2, 0.25) is 5.43 Å². The summed E-state index contributed by atoms with van der Waals surface area (Å²) < 4.78 is 27.8. The van der Waals surface area contributed by atoms with Gasteiger partial charge in [0.15, 0.2) is 11.6 Å². The molecule has 13 heteroatoms. The minimum absolute atomic E-state index is 0.0366. The van der Waals surface area contributed by atoms with Crippen molar-refractivity contribution in [2.24, 2.45) is 0 Å². The Kier molecular flexibility index (Phi) is 7.03. The van der Waals surface area contributed by atoms with Crippen LogP contribution in [0.4, 0.5) is 10.1 Å². The van der Waals surface area contributed by atoms with E-state index in [1.165, 1.54) is 35.2 Å². The first-order chi connectivity index (χ1) is 16.4. The van der Waals surface area contributed by atoms with Gasteiger partial charge in [-0.25, -0.2) is 9.18 Å². The van der Waals surface area contributed by atoms with Crippen LogP contribution in [0.25, 0.3) is 10.9 Å². The first kappa shape index (κ1) is 24.0. The molecule has 2 fully saturated rings. The van der Waals surface area contributed by atoms with Gasteiger partial charge in [0.1, 0.15) is 11.3 Å². The van der Waals surface area contributed by atoms with E-state index in [0.29, 0.717) is 44.1 Å². The summed E-state index contributed by atoms with van der Waals surface area (Å²) in [5.41, 5.74) is -0.201. The summed E-state index contributed by atoms with van der Waals surface area (Å²) in [4.78, 5) is 52.3. The second-order valence-electron chi connectivity index (χ2n) is 8.02. The number of fused-ring (bicyclic) bond motifs is 1. The number of ether oxygens (including phenoxy) is 2. The zero-order valence-corrected chi connectivity index (χ0v) is 18.9. The number of methoxy groups -OCH3 is 2. The van der Waals surface area contributed by atoms with Gasteiger partial charge >= 0.3 is 20.8 Å². The SMILES string of the molecule is COC(=O)c1cn(C2CC2)c2c(OC)c(N3CCN([B]C=O)N([B]C=O)CC3)c(F)cc2c1=O. The van der Waals surface area contributed by atoms with Gasteiger partial charge in [-0.15, -0.1) is 0 Å². The number of hydrogen-bond acceptors (Lipinski definition) is 9. The van der Waals surface area contributed by atoms with Gasteiger partial charge in [-0.3, -0.25) is 14.6 Å². The van der Waals surface area contributed by atoms with Crippen LogP contribution in [0.5, 0.6) is 5.75 Å². The van der Waals surface area contributed by atoms with Crippen molar-refractivity contribution < 1.29 is 28.2 Å². The Morgan fingerprint density at radius 3 is 2.21 bits per heavy atom. The van der Waals surface area contributed by atoms with E-state index in [0.717, 1.165) is 18.9 Å². The Hall–Kier alpha value is -3.18. The fraction of sp³-hybridized carbons (Fsp3) is 0.429. The third-order valence-electron chi connectivity index (χ3n) is 6.06. The van der Waals surface area contributed by atoms with Crippen LogP contribution in [0.15, 0.2) is 17.1 Å². The van der Waals surface area contributed by atoms with E-state index in [1.54, 1.807) is 19.3 Å². The van der Waals surface area contributed by atoms with Crippen LogP contribution in [0.3, 0.4) is 0 Å². The van der Waals surface area contributed by atoms with Crippen molar-refractivity contribution in [2.45, 2.75) is 18.9 Å². The molecule has 4 rings (SSSR count). The number of anilines is 1. The van der Waals surface area contributed by atoms with E-state index in [-0.39, 0.29) is 28.4 Å². The summed E-state index contributed by atoms with van der Waals surface area (Å²) in [6.07, 6.45) is 4.40. The molecule has 0 N–H and O–H groups in total. The van der Waals surface area contributed by atoms with Crippen molar-refractivity contribution in [1.82, 2.24) is 14.4 Å². The molecule has 1 saturated carbocycles. The van der Waals surface area contributed by atoms with Crippen LogP contribution in [0.2, 0.25) is 0 Å². The number of nitrogens with zero attached hydrogens (tertiary/aromatic N) is 4. The lowest BCUT2D eigenvalue weighted by atomic mass is 9.91. The first-order valence-corrected chi connectivity index (χ1v) is 10.8. The third-order valence-corrected chi connectivity index (χ3v) is 6.06. The van der Waals surface area contributed by atoms with Gasteiger partial charge in [0, 0.05) is 38.4 Å². The monoisotopic (exact) mass is 468 g/mol. The van der Waals surface area contributed by atoms with E-state index in [2.05, 4.69) is 0 Å². The van der Waals surface area contributed by atoms with Crippen molar-refractivity contribution in [1.29, 1.82) is 0 Å². The van der Waals surface area contributed by atoms with Crippen LogP contribution in [-0.4, -0.2) is 88.0 Å². The summed E-state index contributed by atoms with van der Waals surface area (Å²) in [6, 6.07) is 1.19. The maximum Gasteiger partial charge on any atom is 0.343 e. The molecule has 1 aromatic heterocycles. The van der Waals surface area contributed by atoms with Gasteiger partial charge in [-0.1, -0.05) is 0 Å². The molecule has 0 bridgehead atoms. The van der Waals surface area contributed by atoms with E-state index in [1.807, 2.05) is 0 Å². The topological polar surface area (TPSA) is 101 Å². The van der Waals surface area contributed by atoms with E-state index < -0.39 is 17.2 Å². The molecule has 1 aliphatic carbocycles. The van der Waals surface area contributed by atoms with Crippen LogP contribution in [0, 0.1) is 5.82 Å². The molecule has 1 aliphatic heterocycles. The van der Waals surface area contributed by atoms with Gasteiger partial charge in [0.05, 0.1) is 37.5 Å². The van der Waals surface area contributed by atoms with Crippen molar-refractivity contribution in [3.63, 3.8) is 0 Å². The molecule has 2 aromatic rings. The number of aromatic nitrogens is 1. The maximum absolute atomic E-state index is 15.6. The number of esters is 1. The van der Waals surface area contributed by atoms with Gasteiger partial charge in [0.25, 0.3) is 0 Å². The smallest absolute Gasteiger partial charge is 0.343 e. The average Bonchev–Trinajstić information content (AvgIpc) is 3.68. The lowest BCUT2D eigenvalue weighted by Crippen LogP contribution is -2.48. The quantitative estimate of drug-likeness (QED) is 0.306. The molecule has 0 amide bonds. The molecular weight excluding hydrogens is 445 g/mol. The molecule has 34 heavy (non-hydrogen) atoms. The van der Waals surface area contributed by atoms with E-state index in [9.17, 15) is 19.2 Å². The van der Waals surface area contributed by atoms with Crippen LogP contribution >= 0.6 is 0 Å². The van der Waals surface area contributed by atoms with Crippen LogP contribution < -0.4 is 15.1 Å². The molecule has 0 unspecified atom stereocenters. The highest BCUT2D eigenvalue weighted by Crippen LogP contribution is 2.43. The van der Waals surface area contributed by atoms with Crippen molar-refractivity contribution in [2.75, 3.05) is 45.3 Å². The minimum atomic E-state index is -0.782. The zero-order chi connectivity index (χ0) is 24.4. The molecule has 0 atom stereocenters. The lowest BCUT2D eigenvalue weighted by Gasteiger charge is -2.29. The Morgan fingerprint density at radius 2 is 1.71 bits per heavy atom.